The fourth-order valence-electron chi connectivity index (χ4n) is 5.75. The van der Waals surface area contributed by atoms with Crippen LogP contribution in [0.4, 0.5) is 22.7 Å². The molecular weight excluding hydrogens is 601 g/mol. The first-order valence-corrected chi connectivity index (χ1v) is 16.8. The van der Waals surface area contributed by atoms with E-state index in [9.17, 15) is 0 Å². The van der Waals surface area contributed by atoms with E-state index >= 15 is 0 Å². The Bertz CT molecular complexity index is 1640. The lowest BCUT2D eigenvalue weighted by atomic mass is 9.92. The van der Waals surface area contributed by atoms with E-state index in [-0.39, 0.29) is 0 Å². The van der Waals surface area contributed by atoms with Gasteiger partial charge in [-0.2, -0.15) is 0 Å². The SMILES string of the molecule is Cc1ccccc1OC(C=C(c1ccc(N(C)C)cc1)c1ccc(N(C)C)cc1)C=C(c1ccc(N(C)C)cc1)c1ccc(N(C)C)cc1. The van der Waals surface area contributed by atoms with E-state index in [0.29, 0.717) is 0 Å². The molecule has 5 rings (SSSR count). The Labute approximate surface area is 294 Å². The van der Waals surface area contributed by atoms with E-state index in [1.54, 1.807) is 0 Å². The smallest absolute Gasteiger partial charge is 0.137 e. The summed E-state index contributed by atoms with van der Waals surface area (Å²) in [5, 5.41) is 0. The van der Waals surface area contributed by atoms with Crippen molar-refractivity contribution >= 4 is 33.9 Å². The first-order valence-electron chi connectivity index (χ1n) is 16.8. The molecule has 0 aliphatic carbocycles. The van der Waals surface area contributed by atoms with Crippen LogP contribution in [0.15, 0.2) is 133 Å². The number of para-hydroxylation sites is 1. The van der Waals surface area contributed by atoms with Crippen molar-refractivity contribution in [2.45, 2.75) is 13.0 Å². The minimum absolute atomic E-state index is 0.393. The number of hydrogen-bond donors (Lipinski definition) is 0. The molecule has 0 radical (unpaired) electrons. The zero-order chi connectivity index (χ0) is 35.1. The lowest BCUT2D eigenvalue weighted by molar-refractivity contribution is 0.295. The fourth-order valence-corrected chi connectivity index (χ4v) is 5.75. The molecule has 0 spiro atoms. The molecule has 0 N–H and O–H groups in total. The predicted octanol–water partition coefficient (Wildman–Crippen LogP) is 9.27. The molecule has 0 unspecified atom stereocenters. The molecule has 0 fully saturated rings. The van der Waals surface area contributed by atoms with Gasteiger partial charge in [-0.05, 0) is 113 Å². The van der Waals surface area contributed by atoms with Crippen LogP contribution in [0.2, 0.25) is 0 Å². The Kier molecular flexibility index (Phi) is 11.1. The maximum atomic E-state index is 6.95. The molecule has 0 aliphatic rings. The molecule has 0 bridgehead atoms. The predicted molar refractivity (Wildman–Crippen MR) is 213 cm³/mol. The van der Waals surface area contributed by atoms with Crippen LogP contribution >= 0.6 is 0 Å². The van der Waals surface area contributed by atoms with E-state index in [0.717, 1.165) is 67.5 Å². The molecule has 0 aliphatic heterocycles. The third-order valence-corrected chi connectivity index (χ3v) is 8.80. The van der Waals surface area contributed by atoms with E-state index in [2.05, 4.69) is 210 Å². The average Bonchev–Trinajstić information content (AvgIpc) is 3.10. The summed E-state index contributed by atoms with van der Waals surface area (Å²) in [5.74, 6) is 0.857. The fraction of sp³-hybridized carbons (Fsp3) is 0.227. The second-order valence-corrected chi connectivity index (χ2v) is 13.3. The van der Waals surface area contributed by atoms with Gasteiger partial charge in [-0.3, -0.25) is 0 Å². The lowest BCUT2D eigenvalue weighted by Crippen LogP contribution is -2.14. The van der Waals surface area contributed by atoms with Crippen LogP contribution in [0.5, 0.6) is 5.75 Å². The van der Waals surface area contributed by atoms with E-state index in [4.69, 9.17) is 4.74 Å². The number of benzene rings is 5. The number of nitrogens with zero attached hydrogens (tertiary/aromatic N) is 4. The highest BCUT2D eigenvalue weighted by molar-refractivity contribution is 5.84. The largest absolute Gasteiger partial charge is 0.482 e. The number of anilines is 4. The highest BCUT2D eigenvalue weighted by Gasteiger charge is 2.16. The minimum Gasteiger partial charge on any atom is -0.482 e. The van der Waals surface area contributed by atoms with E-state index < -0.39 is 6.10 Å². The van der Waals surface area contributed by atoms with Crippen LogP contribution < -0.4 is 24.3 Å². The first-order chi connectivity index (χ1) is 23.5. The Hall–Kier alpha value is -5.42. The summed E-state index contributed by atoms with van der Waals surface area (Å²) in [7, 11) is 16.6. The molecule has 0 amide bonds. The number of hydrogen-bond acceptors (Lipinski definition) is 5. The van der Waals surface area contributed by atoms with Gasteiger partial charge in [0.25, 0.3) is 0 Å². The number of aryl methyl sites for hydroxylation is 1. The Morgan fingerprint density at radius 3 is 0.980 bits per heavy atom. The van der Waals surface area contributed by atoms with Crippen molar-refractivity contribution in [2.24, 2.45) is 0 Å². The molecule has 49 heavy (non-hydrogen) atoms. The molecule has 0 saturated carbocycles. The van der Waals surface area contributed by atoms with Crippen molar-refractivity contribution in [3.63, 3.8) is 0 Å². The average molecular weight is 651 g/mol. The maximum Gasteiger partial charge on any atom is 0.137 e. The molecule has 0 heterocycles. The standard InChI is InChI=1S/C44H50N4O/c1-32-12-10-11-13-44(32)49-41(30-42(33-14-22-37(23-15-33)45(2)3)34-16-24-38(25-17-34)46(4)5)31-43(35-18-26-39(27-19-35)47(6)7)36-20-28-40(29-21-36)48(8)9/h10-31,41H,1-9H3. The van der Waals surface area contributed by atoms with Gasteiger partial charge in [-0.15, -0.1) is 0 Å². The van der Waals surface area contributed by atoms with Crippen molar-refractivity contribution in [1.82, 2.24) is 0 Å². The summed E-state index contributed by atoms with van der Waals surface area (Å²) in [6, 6.07) is 43.3. The van der Waals surface area contributed by atoms with Crippen molar-refractivity contribution < 1.29 is 4.74 Å². The number of ether oxygens (including phenoxy) is 1. The summed E-state index contributed by atoms with van der Waals surface area (Å²) >= 11 is 0. The van der Waals surface area contributed by atoms with E-state index in [1.165, 1.54) is 0 Å². The van der Waals surface area contributed by atoms with Gasteiger partial charge >= 0.3 is 0 Å². The molecule has 252 valence electrons. The third-order valence-electron chi connectivity index (χ3n) is 8.80. The normalized spacial score (nSPS) is 10.7. The molecular formula is C44H50N4O. The molecule has 0 aromatic heterocycles. The van der Waals surface area contributed by atoms with Crippen LogP contribution in [0.3, 0.4) is 0 Å². The van der Waals surface area contributed by atoms with Gasteiger partial charge in [-0.1, -0.05) is 66.7 Å². The third kappa shape index (κ3) is 8.74. The van der Waals surface area contributed by atoms with Crippen LogP contribution in [0.25, 0.3) is 11.1 Å². The second kappa shape index (κ2) is 15.7. The summed E-state index contributed by atoms with van der Waals surface area (Å²) in [4.78, 5) is 8.51. The van der Waals surface area contributed by atoms with Gasteiger partial charge < -0.3 is 24.3 Å². The molecule has 0 saturated heterocycles. The quantitative estimate of drug-likeness (QED) is 0.134. The van der Waals surface area contributed by atoms with E-state index in [1.807, 2.05) is 6.07 Å². The Morgan fingerprint density at radius 2 is 0.714 bits per heavy atom. The lowest BCUT2D eigenvalue weighted by Gasteiger charge is -2.21. The van der Waals surface area contributed by atoms with Crippen LogP contribution in [-0.2, 0) is 0 Å². The zero-order valence-electron chi connectivity index (χ0n) is 30.5. The van der Waals surface area contributed by atoms with Crippen molar-refractivity contribution in [2.75, 3.05) is 76.0 Å². The highest BCUT2D eigenvalue weighted by Crippen LogP contribution is 2.32. The van der Waals surface area contributed by atoms with Crippen molar-refractivity contribution in [3.8, 4) is 5.75 Å². The number of rotatable bonds is 12. The summed E-state index contributed by atoms with van der Waals surface area (Å²) in [5.41, 5.74) is 12.4. The summed E-state index contributed by atoms with van der Waals surface area (Å²) in [6.45, 7) is 2.10. The topological polar surface area (TPSA) is 22.2 Å². The van der Waals surface area contributed by atoms with Crippen molar-refractivity contribution in [3.05, 3.63) is 161 Å². The first kappa shape index (κ1) is 34.9. The highest BCUT2D eigenvalue weighted by atomic mass is 16.5. The maximum absolute atomic E-state index is 6.95. The molecule has 5 aromatic carbocycles. The van der Waals surface area contributed by atoms with Crippen LogP contribution in [0, 0.1) is 6.92 Å². The summed E-state index contributed by atoms with van der Waals surface area (Å²) in [6.07, 6.45) is 4.14. The zero-order valence-corrected chi connectivity index (χ0v) is 30.5. The van der Waals surface area contributed by atoms with Gasteiger partial charge in [0.1, 0.15) is 11.9 Å². The summed E-state index contributed by atoms with van der Waals surface area (Å²) < 4.78 is 6.95. The Morgan fingerprint density at radius 1 is 0.429 bits per heavy atom. The van der Waals surface area contributed by atoms with Gasteiger partial charge in [0, 0.05) is 79.1 Å². The monoisotopic (exact) mass is 650 g/mol. The van der Waals surface area contributed by atoms with Crippen molar-refractivity contribution in [1.29, 1.82) is 0 Å². The van der Waals surface area contributed by atoms with Gasteiger partial charge in [0.05, 0.1) is 0 Å². The Balaban J connectivity index is 1.73. The van der Waals surface area contributed by atoms with Crippen LogP contribution in [0.1, 0.15) is 27.8 Å². The van der Waals surface area contributed by atoms with Gasteiger partial charge in [0.15, 0.2) is 0 Å². The van der Waals surface area contributed by atoms with Gasteiger partial charge in [0.2, 0.25) is 0 Å². The molecule has 0 atom stereocenters. The molecule has 5 heteroatoms. The second-order valence-electron chi connectivity index (χ2n) is 13.3. The van der Waals surface area contributed by atoms with Crippen LogP contribution in [-0.4, -0.2) is 62.5 Å². The minimum atomic E-state index is -0.393. The molecule has 5 aromatic rings. The van der Waals surface area contributed by atoms with Gasteiger partial charge in [-0.25, -0.2) is 0 Å². The molecule has 5 nitrogen and oxygen atoms in total.